The van der Waals surface area contributed by atoms with Gasteiger partial charge < -0.3 is 9.84 Å². The summed E-state index contributed by atoms with van der Waals surface area (Å²) >= 11 is 0. The summed E-state index contributed by atoms with van der Waals surface area (Å²) in [4.78, 5) is 21.8. The van der Waals surface area contributed by atoms with E-state index in [0.717, 1.165) is 17.8 Å². The molecule has 0 saturated heterocycles. The molecule has 0 saturated carbocycles. The lowest BCUT2D eigenvalue weighted by Gasteiger charge is -2.07. The first kappa shape index (κ1) is 16.9. The number of carbonyl (C=O) groups excluding carboxylic acids is 1. The predicted molar refractivity (Wildman–Crippen MR) is 87.2 cm³/mol. The number of phenols is 1. The Bertz CT molecular complexity index is 789. The molecular formula is C16H15N3O5. The van der Waals surface area contributed by atoms with Crippen molar-refractivity contribution >= 4 is 17.8 Å². The number of aromatic hydroxyl groups is 1. The molecule has 2 N–H and O–H groups in total. The number of ether oxygens (including phenoxy) is 1. The summed E-state index contributed by atoms with van der Waals surface area (Å²) in [5.74, 6) is -0.0952. The standard InChI is InChI=1S/C16H15N3O5/c1-11-4-2-3-5-15(11)24-10-16(21)18-17-9-12-8-13(19(22)23)6-7-14(12)20/h2-9,20H,10H2,1H3,(H,18,21)/b17-9-. The van der Waals surface area contributed by atoms with Crippen molar-refractivity contribution in [2.75, 3.05) is 6.61 Å². The number of hydrazone groups is 1. The summed E-state index contributed by atoms with van der Waals surface area (Å²) in [5.41, 5.74) is 3.04. The number of aryl methyl sites for hydroxylation is 1. The normalized spacial score (nSPS) is 10.5. The number of nitrogens with one attached hydrogen (secondary N) is 1. The number of rotatable bonds is 6. The quantitative estimate of drug-likeness (QED) is 0.479. The maximum absolute atomic E-state index is 11.7. The van der Waals surface area contributed by atoms with E-state index in [2.05, 4.69) is 10.5 Å². The van der Waals surface area contributed by atoms with Gasteiger partial charge >= 0.3 is 0 Å². The van der Waals surface area contributed by atoms with Gasteiger partial charge in [-0.2, -0.15) is 5.10 Å². The van der Waals surface area contributed by atoms with Crippen LogP contribution in [0.2, 0.25) is 0 Å². The van der Waals surface area contributed by atoms with Crippen LogP contribution in [0.15, 0.2) is 47.6 Å². The molecule has 8 nitrogen and oxygen atoms in total. The monoisotopic (exact) mass is 329 g/mol. The van der Waals surface area contributed by atoms with Crippen LogP contribution in [0.3, 0.4) is 0 Å². The van der Waals surface area contributed by atoms with Crippen molar-refractivity contribution in [2.45, 2.75) is 6.92 Å². The van der Waals surface area contributed by atoms with Gasteiger partial charge in [0.05, 0.1) is 11.1 Å². The number of hydrogen-bond acceptors (Lipinski definition) is 6. The number of nitrogens with zero attached hydrogens (tertiary/aromatic N) is 2. The molecule has 0 aliphatic rings. The summed E-state index contributed by atoms with van der Waals surface area (Å²) in [7, 11) is 0. The minimum atomic E-state index is -0.592. The van der Waals surface area contributed by atoms with Crippen molar-refractivity contribution in [1.29, 1.82) is 0 Å². The van der Waals surface area contributed by atoms with Gasteiger partial charge in [0, 0.05) is 17.7 Å². The number of non-ortho nitro benzene ring substituents is 1. The maximum atomic E-state index is 11.7. The number of amides is 1. The predicted octanol–water partition coefficient (Wildman–Crippen LogP) is 2.14. The molecule has 1 amide bonds. The van der Waals surface area contributed by atoms with E-state index in [-0.39, 0.29) is 23.6 Å². The first-order valence-corrected chi connectivity index (χ1v) is 6.95. The van der Waals surface area contributed by atoms with Crippen LogP contribution in [-0.4, -0.2) is 28.8 Å². The number of phenolic OH excluding ortho intramolecular Hbond substituents is 1. The van der Waals surface area contributed by atoms with Crippen LogP contribution in [0.1, 0.15) is 11.1 Å². The zero-order chi connectivity index (χ0) is 17.5. The van der Waals surface area contributed by atoms with Gasteiger partial charge in [-0.1, -0.05) is 18.2 Å². The molecule has 2 rings (SSSR count). The van der Waals surface area contributed by atoms with E-state index in [0.29, 0.717) is 5.75 Å². The van der Waals surface area contributed by atoms with Crippen molar-refractivity contribution in [2.24, 2.45) is 5.10 Å². The highest BCUT2D eigenvalue weighted by molar-refractivity contribution is 5.86. The van der Waals surface area contributed by atoms with E-state index >= 15 is 0 Å². The fourth-order valence-corrected chi connectivity index (χ4v) is 1.83. The molecule has 0 bridgehead atoms. The minimum Gasteiger partial charge on any atom is -0.507 e. The minimum absolute atomic E-state index is 0.115. The van der Waals surface area contributed by atoms with Gasteiger partial charge in [0.25, 0.3) is 11.6 Å². The highest BCUT2D eigenvalue weighted by Crippen LogP contribution is 2.21. The smallest absolute Gasteiger partial charge is 0.277 e. The van der Waals surface area contributed by atoms with Crippen molar-refractivity contribution < 1.29 is 19.6 Å². The molecule has 124 valence electrons. The molecule has 0 aromatic heterocycles. The fraction of sp³-hybridized carbons (Fsp3) is 0.125. The lowest BCUT2D eigenvalue weighted by atomic mass is 10.2. The van der Waals surface area contributed by atoms with Gasteiger partial charge in [0.15, 0.2) is 6.61 Å². The Hall–Kier alpha value is -3.42. The highest BCUT2D eigenvalue weighted by atomic mass is 16.6. The van der Waals surface area contributed by atoms with Gasteiger partial charge in [-0.25, -0.2) is 5.43 Å². The number of para-hydroxylation sites is 1. The first-order valence-electron chi connectivity index (χ1n) is 6.95. The Kier molecular flexibility index (Phi) is 5.45. The third kappa shape index (κ3) is 4.54. The molecule has 0 heterocycles. The first-order chi connectivity index (χ1) is 11.5. The molecule has 0 spiro atoms. The van der Waals surface area contributed by atoms with E-state index in [9.17, 15) is 20.0 Å². The average Bonchev–Trinajstić information content (AvgIpc) is 2.55. The number of nitro benzene ring substituents is 1. The van der Waals surface area contributed by atoms with Crippen LogP contribution in [0.4, 0.5) is 5.69 Å². The van der Waals surface area contributed by atoms with Crippen molar-refractivity contribution in [1.82, 2.24) is 5.43 Å². The Morgan fingerprint density at radius 1 is 1.38 bits per heavy atom. The molecule has 0 unspecified atom stereocenters. The Morgan fingerprint density at radius 2 is 2.12 bits per heavy atom. The van der Waals surface area contributed by atoms with Crippen molar-refractivity contribution in [3.8, 4) is 11.5 Å². The molecule has 0 aliphatic carbocycles. The summed E-state index contributed by atoms with van der Waals surface area (Å²) < 4.78 is 5.35. The van der Waals surface area contributed by atoms with Gasteiger partial charge in [0.2, 0.25) is 0 Å². The van der Waals surface area contributed by atoms with Crippen LogP contribution in [0, 0.1) is 17.0 Å². The van der Waals surface area contributed by atoms with Crippen LogP contribution < -0.4 is 10.2 Å². The second kappa shape index (κ2) is 7.73. The lowest BCUT2D eigenvalue weighted by molar-refractivity contribution is -0.384. The van der Waals surface area contributed by atoms with Crippen molar-refractivity contribution in [3.63, 3.8) is 0 Å². The van der Waals surface area contributed by atoms with E-state index in [4.69, 9.17) is 4.74 Å². The Labute approximate surface area is 137 Å². The van der Waals surface area contributed by atoms with Crippen LogP contribution in [0.25, 0.3) is 0 Å². The van der Waals surface area contributed by atoms with Gasteiger partial charge in [0.1, 0.15) is 11.5 Å². The van der Waals surface area contributed by atoms with Crippen LogP contribution in [0.5, 0.6) is 11.5 Å². The molecule has 0 atom stereocenters. The second-order valence-electron chi connectivity index (χ2n) is 4.85. The second-order valence-corrected chi connectivity index (χ2v) is 4.85. The van der Waals surface area contributed by atoms with Gasteiger partial charge in [-0.05, 0) is 24.6 Å². The molecule has 0 aliphatic heterocycles. The number of benzene rings is 2. The highest BCUT2D eigenvalue weighted by Gasteiger charge is 2.09. The Morgan fingerprint density at radius 3 is 2.83 bits per heavy atom. The molecule has 24 heavy (non-hydrogen) atoms. The third-order valence-corrected chi connectivity index (χ3v) is 3.07. The number of carbonyl (C=O) groups is 1. The molecule has 8 heteroatoms. The van der Waals surface area contributed by atoms with Crippen molar-refractivity contribution in [3.05, 3.63) is 63.7 Å². The van der Waals surface area contributed by atoms with E-state index < -0.39 is 10.8 Å². The fourth-order valence-electron chi connectivity index (χ4n) is 1.83. The number of nitro groups is 1. The lowest BCUT2D eigenvalue weighted by Crippen LogP contribution is -2.24. The topological polar surface area (TPSA) is 114 Å². The SMILES string of the molecule is Cc1ccccc1OCC(=O)N/N=C\c1cc([N+](=O)[O-])ccc1O. The zero-order valence-corrected chi connectivity index (χ0v) is 12.8. The zero-order valence-electron chi connectivity index (χ0n) is 12.8. The third-order valence-electron chi connectivity index (χ3n) is 3.07. The molecular weight excluding hydrogens is 314 g/mol. The molecule has 0 fully saturated rings. The van der Waals surface area contributed by atoms with Gasteiger partial charge in [-0.3, -0.25) is 14.9 Å². The molecule has 2 aromatic rings. The largest absolute Gasteiger partial charge is 0.507 e. The maximum Gasteiger partial charge on any atom is 0.277 e. The summed E-state index contributed by atoms with van der Waals surface area (Å²) in [6.45, 7) is 1.62. The molecule has 0 radical (unpaired) electrons. The summed E-state index contributed by atoms with van der Waals surface area (Å²) in [6.07, 6.45) is 1.12. The van der Waals surface area contributed by atoms with Crippen LogP contribution in [-0.2, 0) is 4.79 Å². The van der Waals surface area contributed by atoms with E-state index in [1.807, 2.05) is 19.1 Å². The summed E-state index contributed by atoms with van der Waals surface area (Å²) in [6, 6.07) is 10.8. The Balaban J connectivity index is 1.92. The van der Waals surface area contributed by atoms with Crippen LogP contribution >= 0.6 is 0 Å². The number of hydrogen-bond donors (Lipinski definition) is 2. The molecule has 2 aromatic carbocycles. The summed E-state index contributed by atoms with van der Waals surface area (Å²) in [5, 5.41) is 24.0. The van der Waals surface area contributed by atoms with E-state index in [1.54, 1.807) is 12.1 Å². The average molecular weight is 329 g/mol. The van der Waals surface area contributed by atoms with E-state index in [1.165, 1.54) is 12.1 Å². The van der Waals surface area contributed by atoms with Gasteiger partial charge in [-0.15, -0.1) is 0 Å².